The summed E-state index contributed by atoms with van der Waals surface area (Å²) in [5.41, 5.74) is 0. The summed E-state index contributed by atoms with van der Waals surface area (Å²) in [6, 6.07) is 0.776. The van der Waals surface area contributed by atoms with Crippen LogP contribution in [-0.2, 0) is 0 Å². The molecule has 0 aromatic heterocycles. The largest absolute Gasteiger partial charge is 0.317 e. The monoisotopic (exact) mass is 185 g/mol. The van der Waals surface area contributed by atoms with Gasteiger partial charge in [-0.1, -0.05) is 52.4 Å². The highest BCUT2D eigenvalue weighted by atomic mass is 14.9. The Hall–Kier alpha value is -0.0400. The maximum atomic E-state index is 3.42. The topological polar surface area (TPSA) is 12.0 Å². The van der Waals surface area contributed by atoms with Gasteiger partial charge in [-0.15, -0.1) is 0 Å². The first kappa shape index (κ1) is 13.0. The lowest BCUT2D eigenvalue weighted by Gasteiger charge is -2.15. The van der Waals surface area contributed by atoms with E-state index in [1.165, 1.54) is 51.4 Å². The molecule has 0 saturated carbocycles. The van der Waals surface area contributed by atoms with Crippen molar-refractivity contribution in [2.75, 3.05) is 7.05 Å². The fraction of sp³-hybridized carbons (Fsp3) is 1.00. The quantitative estimate of drug-likeness (QED) is 0.540. The summed E-state index contributed by atoms with van der Waals surface area (Å²) < 4.78 is 0. The van der Waals surface area contributed by atoms with E-state index in [1.54, 1.807) is 0 Å². The fourth-order valence-corrected chi connectivity index (χ4v) is 1.71. The molecule has 1 nitrogen and oxygen atoms in total. The van der Waals surface area contributed by atoms with Gasteiger partial charge in [-0.3, -0.25) is 0 Å². The second-order valence-corrected chi connectivity index (χ2v) is 3.98. The second-order valence-electron chi connectivity index (χ2n) is 3.98. The number of nitrogens with one attached hydrogen (secondary N) is 1. The minimum absolute atomic E-state index is 0.776. The Labute approximate surface area is 84.3 Å². The molecule has 0 rings (SSSR count). The molecule has 1 heteroatoms. The van der Waals surface area contributed by atoms with E-state index >= 15 is 0 Å². The number of unbranched alkanes of at least 4 members (excludes halogenated alkanes) is 4. The van der Waals surface area contributed by atoms with Crippen LogP contribution in [0.5, 0.6) is 0 Å². The average molecular weight is 185 g/mol. The Morgan fingerprint density at radius 3 is 1.62 bits per heavy atom. The summed E-state index contributed by atoms with van der Waals surface area (Å²) in [6.07, 6.45) is 11.0. The van der Waals surface area contributed by atoms with Gasteiger partial charge in [0.15, 0.2) is 0 Å². The van der Waals surface area contributed by atoms with Crippen molar-refractivity contribution in [2.45, 2.75) is 71.3 Å². The molecule has 0 aliphatic heterocycles. The van der Waals surface area contributed by atoms with Crippen LogP contribution >= 0.6 is 0 Å². The van der Waals surface area contributed by atoms with Crippen LogP contribution < -0.4 is 5.32 Å². The second kappa shape index (κ2) is 10.0. The van der Waals surface area contributed by atoms with Crippen molar-refractivity contribution in [3.8, 4) is 0 Å². The van der Waals surface area contributed by atoms with Gasteiger partial charge in [-0.25, -0.2) is 0 Å². The maximum Gasteiger partial charge on any atom is 0.00640 e. The van der Waals surface area contributed by atoms with E-state index in [0.717, 1.165) is 6.04 Å². The van der Waals surface area contributed by atoms with Crippen molar-refractivity contribution >= 4 is 0 Å². The molecule has 0 aliphatic rings. The molecular weight excluding hydrogens is 158 g/mol. The molecule has 0 bridgehead atoms. The summed E-state index contributed by atoms with van der Waals surface area (Å²) >= 11 is 0. The first-order valence-corrected chi connectivity index (χ1v) is 6.02. The summed E-state index contributed by atoms with van der Waals surface area (Å²) in [5.74, 6) is 0. The van der Waals surface area contributed by atoms with Gasteiger partial charge in [-0.05, 0) is 19.9 Å². The van der Waals surface area contributed by atoms with Gasteiger partial charge in [0.05, 0.1) is 0 Å². The van der Waals surface area contributed by atoms with E-state index in [4.69, 9.17) is 0 Å². The van der Waals surface area contributed by atoms with Gasteiger partial charge in [-0.2, -0.15) is 0 Å². The van der Waals surface area contributed by atoms with Crippen LogP contribution in [0.1, 0.15) is 65.2 Å². The van der Waals surface area contributed by atoms with Gasteiger partial charge in [0.1, 0.15) is 0 Å². The van der Waals surface area contributed by atoms with E-state index in [9.17, 15) is 0 Å². The van der Waals surface area contributed by atoms with Crippen LogP contribution in [-0.4, -0.2) is 13.1 Å². The molecule has 0 aliphatic carbocycles. The standard InChI is InChI=1S/C12H27N/c1-4-6-8-10-12(13-3)11-9-7-5-2/h12-13H,4-11H2,1-3H3. The predicted octanol–water partition coefficient (Wildman–Crippen LogP) is 3.74. The molecule has 0 spiro atoms. The van der Waals surface area contributed by atoms with Gasteiger partial charge in [0, 0.05) is 6.04 Å². The normalized spacial score (nSPS) is 11.1. The highest BCUT2D eigenvalue weighted by molar-refractivity contribution is 4.64. The summed E-state index contributed by atoms with van der Waals surface area (Å²) in [6.45, 7) is 4.54. The highest BCUT2D eigenvalue weighted by Crippen LogP contribution is 2.10. The van der Waals surface area contributed by atoms with Crippen molar-refractivity contribution in [1.82, 2.24) is 5.32 Å². The Bertz CT molecular complexity index is 81.1. The molecule has 13 heavy (non-hydrogen) atoms. The predicted molar refractivity (Wildman–Crippen MR) is 61.1 cm³/mol. The van der Waals surface area contributed by atoms with E-state index in [-0.39, 0.29) is 0 Å². The van der Waals surface area contributed by atoms with Crippen LogP contribution in [0.15, 0.2) is 0 Å². The van der Waals surface area contributed by atoms with E-state index in [2.05, 4.69) is 26.2 Å². The lowest BCUT2D eigenvalue weighted by atomic mass is 10.0. The average Bonchev–Trinajstić information content (AvgIpc) is 2.16. The van der Waals surface area contributed by atoms with Crippen molar-refractivity contribution in [2.24, 2.45) is 0 Å². The van der Waals surface area contributed by atoms with Crippen molar-refractivity contribution in [1.29, 1.82) is 0 Å². The number of rotatable bonds is 9. The van der Waals surface area contributed by atoms with Gasteiger partial charge >= 0.3 is 0 Å². The molecule has 0 amide bonds. The minimum Gasteiger partial charge on any atom is -0.317 e. The Kier molecular flexibility index (Phi) is 10.0. The van der Waals surface area contributed by atoms with E-state index < -0.39 is 0 Å². The van der Waals surface area contributed by atoms with Crippen LogP contribution in [0.2, 0.25) is 0 Å². The summed E-state index contributed by atoms with van der Waals surface area (Å²) in [7, 11) is 2.10. The first-order chi connectivity index (χ1) is 6.35. The van der Waals surface area contributed by atoms with E-state index in [0.29, 0.717) is 0 Å². The van der Waals surface area contributed by atoms with Crippen molar-refractivity contribution in [3.63, 3.8) is 0 Å². The van der Waals surface area contributed by atoms with Crippen molar-refractivity contribution < 1.29 is 0 Å². The third-order valence-corrected chi connectivity index (χ3v) is 2.72. The molecule has 0 radical (unpaired) electrons. The van der Waals surface area contributed by atoms with Crippen LogP contribution in [0.4, 0.5) is 0 Å². The third-order valence-electron chi connectivity index (χ3n) is 2.72. The first-order valence-electron chi connectivity index (χ1n) is 6.02. The maximum absolute atomic E-state index is 3.42. The van der Waals surface area contributed by atoms with Crippen LogP contribution in [0.3, 0.4) is 0 Å². The Morgan fingerprint density at radius 1 is 0.846 bits per heavy atom. The van der Waals surface area contributed by atoms with E-state index in [1.807, 2.05) is 0 Å². The third kappa shape index (κ3) is 8.29. The summed E-state index contributed by atoms with van der Waals surface area (Å²) in [4.78, 5) is 0. The van der Waals surface area contributed by atoms with Crippen LogP contribution in [0, 0.1) is 0 Å². The molecule has 1 N–H and O–H groups in total. The zero-order valence-corrected chi connectivity index (χ0v) is 9.73. The molecule has 0 aromatic carbocycles. The molecule has 0 atom stereocenters. The Morgan fingerprint density at radius 2 is 1.31 bits per heavy atom. The zero-order chi connectivity index (χ0) is 9.94. The zero-order valence-electron chi connectivity index (χ0n) is 9.73. The molecular formula is C12H27N. The smallest absolute Gasteiger partial charge is 0.00640 e. The SMILES string of the molecule is CCCCCC(CCCCC)NC. The molecule has 0 fully saturated rings. The molecule has 80 valence electrons. The number of hydrogen-bond acceptors (Lipinski definition) is 1. The van der Waals surface area contributed by atoms with Gasteiger partial charge < -0.3 is 5.32 Å². The highest BCUT2D eigenvalue weighted by Gasteiger charge is 2.03. The minimum atomic E-state index is 0.776. The molecule has 0 saturated heterocycles. The number of hydrogen-bond donors (Lipinski definition) is 1. The lowest BCUT2D eigenvalue weighted by Crippen LogP contribution is -2.24. The van der Waals surface area contributed by atoms with Crippen molar-refractivity contribution in [3.05, 3.63) is 0 Å². The fourth-order valence-electron chi connectivity index (χ4n) is 1.71. The van der Waals surface area contributed by atoms with Crippen LogP contribution in [0.25, 0.3) is 0 Å². The molecule has 0 unspecified atom stereocenters. The summed E-state index contributed by atoms with van der Waals surface area (Å²) in [5, 5.41) is 3.42. The Balaban J connectivity index is 3.28. The lowest BCUT2D eigenvalue weighted by molar-refractivity contribution is 0.446. The van der Waals surface area contributed by atoms with Gasteiger partial charge in [0.25, 0.3) is 0 Å². The van der Waals surface area contributed by atoms with Gasteiger partial charge in [0.2, 0.25) is 0 Å². The molecule has 0 heterocycles. The molecule has 0 aromatic rings.